The summed E-state index contributed by atoms with van der Waals surface area (Å²) in [5, 5.41) is 0. The van der Waals surface area contributed by atoms with Crippen molar-refractivity contribution < 1.29 is 9.18 Å². The highest BCUT2D eigenvalue weighted by Gasteiger charge is 2.09. The van der Waals surface area contributed by atoms with Crippen molar-refractivity contribution in [1.29, 1.82) is 0 Å². The summed E-state index contributed by atoms with van der Waals surface area (Å²) in [7, 11) is 0. The summed E-state index contributed by atoms with van der Waals surface area (Å²) in [6.45, 7) is 1.78. The Kier molecular flexibility index (Phi) is 2.43. The van der Waals surface area contributed by atoms with E-state index in [4.69, 9.17) is 5.73 Å². The van der Waals surface area contributed by atoms with E-state index in [1.54, 1.807) is 6.92 Å². The molecular weight excluding hydrogens is 157 g/mol. The topological polar surface area (TPSA) is 43.1 Å². The van der Waals surface area contributed by atoms with Crippen LogP contribution >= 0.6 is 0 Å². The van der Waals surface area contributed by atoms with Gasteiger partial charge in [0.25, 0.3) is 0 Å². The smallest absolute Gasteiger partial charge is 0.249 e. The minimum Gasteiger partial charge on any atom is -0.366 e. The maximum absolute atomic E-state index is 13.0. The molecule has 1 aromatic rings. The minimum atomic E-state index is -0.577. The molecule has 0 heterocycles. The standard InChI is InChI=1S/C9H10FNO/c1-2-6-7(9(11)12)4-3-5-8(6)10/h3-5H,2H2,1H3,(H2,11,12). The van der Waals surface area contributed by atoms with Gasteiger partial charge in [0.1, 0.15) is 5.82 Å². The van der Waals surface area contributed by atoms with Gasteiger partial charge in [-0.05, 0) is 18.6 Å². The average molecular weight is 167 g/mol. The Labute approximate surface area is 70.2 Å². The van der Waals surface area contributed by atoms with Gasteiger partial charge in [-0.3, -0.25) is 4.79 Å². The van der Waals surface area contributed by atoms with Gasteiger partial charge in [-0.2, -0.15) is 0 Å². The van der Waals surface area contributed by atoms with Crippen LogP contribution in [0.5, 0.6) is 0 Å². The molecular formula is C9H10FNO. The van der Waals surface area contributed by atoms with Crippen LogP contribution in [0.15, 0.2) is 18.2 Å². The third-order valence-electron chi connectivity index (χ3n) is 1.74. The molecule has 0 bridgehead atoms. The SMILES string of the molecule is CCc1c(F)cccc1C(N)=O. The number of amides is 1. The Morgan fingerprint density at radius 1 is 1.58 bits per heavy atom. The number of nitrogens with two attached hydrogens (primary N) is 1. The fourth-order valence-electron chi connectivity index (χ4n) is 1.15. The van der Waals surface area contributed by atoms with Crippen molar-refractivity contribution in [2.45, 2.75) is 13.3 Å². The van der Waals surface area contributed by atoms with Crippen molar-refractivity contribution in [3.8, 4) is 0 Å². The van der Waals surface area contributed by atoms with Crippen LogP contribution in [0.2, 0.25) is 0 Å². The summed E-state index contributed by atoms with van der Waals surface area (Å²) >= 11 is 0. The molecule has 3 heteroatoms. The fourth-order valence-corrected chi connectivity index (χ4v) is 1.15. The fraction of sp³-hybridized carbons (Fsp3) is 0.222. The lowest BCUT2D eigenvalue weighted by atomic mass is 10.0. The van der Waals surface area contributed by atoms with E-state index in [0.29, 0.717) is 12.0 Å². The predicted octanol–water partition coefficient (Wildman–Crippen LogP) is 1.49. The monoisotopic (exact) mass is 167 g/mol. The maximum Gasteiger partial charge on any atom is 0.249 e. The van der Waals surface area contributed by atoms with Crippen molar-refractivity contribution in [1.82, 2.24) is 0 Å². The van der Waals surface area contributed by atoms with Crippen molar-refractivity contribution in [2.24, 2.45) is 5.73 Å². The number of carbonyl (C=O) groups is 1. The lowest BCUT2D eigenvalue weighted by molar-refractivity contribution is 0.0999. The molecule has 64 valence electrons. The summed E-state index contributed by atoms with van der Waals surface area (Å²) in [5.74, 6) is -0.944. The van der Waals surface area contributed by atoms with Crippen LogP contribution in [0.3, 0.4) is 0 Å². The van der Waals surface area contributed by atoms with Crippen LogP contribution in [0, 0.1) is 5.82 Å². The van der Waals surface area contributed by atoms with Gasteiger partial charge >= 0.3 is 0 Å². The molecule has 12 heavy (non-hydrogen) atoms. The van der Waals surface area contributed by atoms with Crippen LogP contribution in [-0.2, 0) is 6.42 Å². The minimum absolute atomic E-state index is 0.275. The van der Waals surface area contributed by atoms with Crippen LogP contribution < -0.4 is 5.73 Å². The molecule has 2 nitrogen and oxygen atoms in total. The van der Waals surface area contributed by atoms with E-state index in [1.165, 1.54) is 18.2 Å². The number of primary amides is 1. The largest absolute Gasteiger partial charge is 0.366 e. The summed E-state index contributed by atoms with van der Waals surface area (Å²) in [6.07, 6.45) is 0.477. The summed E-state index contributed by atoms with van der Waals surface area (Å²) in [5.41, 5.74) is 5.72. The summed E-state index contributed by atoms with van der Waals surface area (Å²) in [4.78, 5) is 10.8. The second kappa shape index (κ2) is 3.34. The number of benzene rings is 1. The number of carbonyl (C=O) groups excluding carboxylic acids is 1. The molecule has 0 aliphatic rings. The van der Waals surface area contributed by atoms with Gasteiger partial charge in [-0.15, -0.1) is 0 Å². The van der Waals surface area contributed by atoms with E-state index < -0.39 is 5.91 Å². The van der Waals surface area contributed by atoms with Crippen LogP contribution in [0.4, 0.5) is 4.39 Å². The van der Waals surface area contributed by atoms with Crippen LogP contribution in [0.1, 0.15) is 22.8 Å². The molecule has 0 unspecified atom stereocenters. The van der Waals surface area contributed by atoms with E-state index in [0.717, 1.165) is 0 Å². The highest BCUT2D eigenvalue weighted by molar-refractivity contribution is 5.94. The van der Waals surface area contributed by atoms with Gasteiger partial charge in [-0.1, -0.05) is 13.0 Å². The number of hydrogen-bond donors (Lipinski definition) is 1. The van der Waals surface area contributed by atoms with Gasteiger partial charge in [0.05, 0.1) is 0 Å². The number of rotatable bonds is 2. The lowest BCUT2D eigenvalue weighted by Gasteiger charge is -2.03. The second-order valence-corrected chi connectivity index (χ2v) is 2.48. The first-order chi connectivity index (χ1) is 5.66. The lowest BCUT2D eigenvalue weighted by Crippen LogP contribution is -2.14. The zero-order chi connectivity index (χ0) is 9.14. The number of hydrogen-bond acceptors (Lipinski definition) is 1. The molecule has 0 radical (unpaired) electrons. The third kappa shape index (κ3) is 1.44. The molecule has 0 saturated heterocycles. The molecule has 1 aromatic carbocycles. The predicted molar refractivity (Wildman–Crippen MR) is 44.3 cm³/mol. The third-order valence-corrected chi connectivity index (χ3v) is 1.74. The second-order valence-electron chi connectivity index (χ2n) is 2.48. The van der Waals surface area contributed by atoms with Gasteiger partial charge in [-0.25, -0.2) is 4.39 Å². The highest BCUT2D eigenvalue weighted by Crippen LogP contribution is 2.13. The highest BCUT2D eigenvalue weighted by atomic mass is 19.1. The first-order valence-electron chi connectivity index (χ1n) is 3.74. The molecule has 2 N–H and O–H groups in total. The molecule has 0 fully saturated rings. The quantitative estimate of drug-likeness (QED) is 0.712. The normalized spacial score (nSPS) is 9.83. The van der Waals surface area contributed by atoms with Gasteiger partial charge in [0.15, 0.2) is 0 Å². The van der Waals surface area contributed by atoms with Crippen molar-refractivity contribution in [2.75, 3.05) is 0 Å². The molecule has 0 aromatic heterocycles. The van der Waals surface area contributed by atoms with E-state index in [-0.39, 0.29) is 11.4 Å². The van der Waals surface area contributed by atoms with Crippen molar-refractivity contribution in [3.05, 3.63) is 35.1 Å². The molecule has 0 saturated carbocycles. The van der Waals surface area contributed by atoms with E-state index in [2.05, 4.69) is 0 Å². The zero-order valence-electron chi connectivity index (χ0n) is 6.80. The van der Waals surface area contributed by atoms with E-state index in [1.807, 2.05) is 0 Å². The maximum atomic E-state index is 13.0. The Balaban J connectivity index is 3.27. The zero-order valence-corrected chi connectivity index (χ0v) is 6.80. The van der Waals surface area contributed by atoms with Gasteiger partial charge in [0.2, 0.25) is 5.91 Å². The Morgan fingerprint density at radius 2 is 2.25 bits per heavy atom. The van der Waals surface area contributed by atoms with E-state index >= 15 is 0 Å². The van der Waals surface area contributed by atoms with Crippen molar-refractivity contribution in [3.63, 3.8) is 0 Å². The molecule has 1 amide bonds. The van der Waals surface area contributed by atoms with Gasteiger partial charge < -0.3 is 5.73 Å². The van der Waals surface area contributed by atoms with Crippen LogP contribution in [-0.4, -0.2) is 5.91 Å². The molecule has 0 aliphatic heterocycles. The summed E-state index contributed by atoms with van der Waals surface area (Å²) in [6, 6.07) is 4.34. The first-order valence-corrected chi connectivity index (χ1v) is 3.74. The summed E-state index contributed by atoms with van der Waals surface area (Å²) < 4.78 is 13.0. The number of halogens is 1. The molecule has 0 aliphatic carbocycles. The molecule has 1 rings (SSSR count). The van der Waals surface area contributed by atoms with Crippen LogP contribution in [0.25, 0.3) is 0 Å². The van der Waals surface area contributed by atoms with E-state index in [9.17, 15) is 9.18 Å². The Bertz CT molecular complexity index is 309. The molecule has 0 spiro atoms. The molecule has 0 atom stereocenters. The van der Waals surface area contributed by atoms with Crippen molar-refractivity contribution >= 4 is 5.91 Å². The Hall–Kier alpha value is -1.38. The Morgan fingerprint density at radius 3 is 2.67 bits per heavy atom. The van der Waals surface area contributed by atoms with Gasteiger partial charge in [0, 0.05) is 11.1 Å². The average Bonchev–Trinajstić information content (AvgIpc) is 2.03. The first kappa shape index (κ1) is 8.71.